The number of aromatic nitrogens is 3. The first-order valence-corrected chi connectivity index (χ1v) is 7.57. The molecule has 2 rings (SSSR count). The van der Waals surface area contributed by atoms with Crippen LogP contribution in [0, 0.1) is 5.41 Å². The summed E-state index contributed by atoms with van der Waals surface area (Å²) in [6.45, 7) is 8.09. The van der Waals surface area contributed by atoms with Crippen LogP contribution in [0.25, 0.3) is 0 Å². The Hall–Kier alpha value is -1.59. The largest absolute Gasteiger partial charge is 0.488 e. The smallest absolute Gasteiger partial charge is 0.137 e. The fraction of sp³-hybridized carbons (Fsp3) is 0.500. The van der Waals surface area contributed by atoms with Gasteiger partial charge < -0.3 is 9.84 Å². The van der Waals surface area contributed by atoms with Crippen molar-refractivity contribution in [2.45, 2.75) is 45.9 Å². The van der Waals surface area contributed by atoms with Crippen LogP contribution in [0.3, 0.4) is 0 Å². The minimum atomic E-state index is -1.12. The Kier molecular flexibility index (Phi) is 4.78. The highest BCUT2D eigenvalue weighted by Gasteiger charge is 2.47. The summed E-state index contributed by atoms with van der Waals surface area (Å²) < 4.78 is 7.56. The Bertz CT molecular complexity index is 593. The third kappa shape index (κ3) is 3.59. The first kappa shape index (κ1) is 16.8. The van der Waals surface area contributed by atoms with Crippen molar-refractivity contribution in [3.63, 3.8) is 0 Å². The van der Waals surface area contributed by atoms with Gasteiger partial charge >= 0.3 is 0 Å². The number of nitrogens with zero attached hydrogens (tertiary/aromatic N) is 3. The van der Waals surface area contributed by atoms with Gasteiger partial charge in [-0.05, 0) is 36.6 Å². The summed E-state index contributed by atoms with van der Waals surface area (Å²) in [4.78, 5) is 3.93. The topological polar surface area (TPSA) is 60.2 Å². The highest BCUT2D eigenvalue weighted by atomic mass is 35.5. The molecule has 0 aliphatic heterocycles. The highest BCUT2D eigenvalue weighted by molar-refractivity contribution is 6.30. The number of ether oxygens (including phenoxy) is 1. The highest BCUT2D eigenvalue weighted by Crippen LogP contribution is 2.36. The number of benzene rings is 1. The van der Waals surface area contributed by atoms with Gasteiger partial charge in [-0.2, -0.15) is 5.10 Å². The van der Waals surface area contributed by atoms with E-state index < -0.39 is 17.1 Å². The van der Waals surface area contributed by atoms with E-state index in [1.165, 1.54) is 6.33 Å². The molecule has 1 heterocycles. The van der Waals surface area contributed by atoms with Gasteiger partial charge in [0.1, 0.15) is 30.1 Å². The van der Waals surface area contributed by atoms with E-state index in [0.717, 1.165) is 0 Å². The fourth-order valence-corrected chi connectivity index (χ4v) is 2.48. The summed E-state index contributed by atoms with van der Waals surface area (Å²) >= 11 is 5.88. The quantitative estimate of drug-likeness (QED) is 0.918. The lowest BCUT2D eigenvalue weighted by atomic mass is 9.73. The van der Waals surface area contributed by atoms with Crippen LogP contribution in [0.5, 0.6) is 5.75 Å². The molecular weight excluding hydrogens is 302 g/mol. The van der Waals surface area contributed by atoms with E-state index in [1.807, 2.05) is 27.7 Å². The van der Waals surface area contributed by atoms with Gasteiger partial charge in [0.25, 0.3) is 0 Å². The van der Waals surface area contributed by atoms with E-state index in [9.17, 15) is 5.11 Å². The van der Waals surface area contributed by atoms with Crippen molar-refractivity contribution in [2.75, 3.05) is 0 Å². The first-order valence-electron chi connectivity index (χ1n) is 7.19. The second kappa shape index (κ2) is 6.26. The molecule has 0 bridgehead atoms. The Morgan fingerprint density at radius 3 is 2.41 bits per heavy atom. The molecule has 2 atom stereocenters. The molecule has 0 radical (unpaired) electrons. The molecule has 1 N–H and O–H groups in total. The van der Waals surface area contributed by atoms with Gasteiger partial charge in [-0.3, -0.25) is 0 Å². The normalized spacial score (nSPS) is 16.1. The minimum absolute atomic E-state index is 0.297. The molecule has 5 nitrogen and oxygen atoms in total. The lowest BCUT2D eigenvalue weighted by Crippen LogP contribution is -2.56. The van der Waals surface area contributed by atoms with E-state index in [0.29, 0.717) is 17.3 Å². The third-order valence-electron chi connectivity index (χ3n) is 3.97. The SMILES string of the molecule is CC(Oc1ccc(Cl)cc1)C(O)(Cn1cncn1)C(C)(C)C. The van der Waals surface area contributed by atoms with Crippen LogP contribution in [0.1, 0.15) is 27.7 Å². The molecule has 0 spiro atoms. The fourth-order valence-electron chi connectivity index (χ4n) is 2.35. The predicted octanol–water partition coefficient (Wildman–Crippen LogP) is 3.18. The van der Waals surface area contributed by atoms with E-state index in [4.69, 9.17) is 16.3 Å². The van der Waals surface area contributed by atoms with Crippen molar-refractivity contribution in [3.8, 4) is 5.75 Å². The van der Waals surface area contributed by atoms with Gasteiger partial charge in [-0.1, -0.05) is 32.4 Å². The summed E-state index contributed by atoms with van der Waals surface area (Å²) in [6.07, 6.45) is 2.59. The Balaban J connectivity index is 2.22. The molecule has 0 aliphatic carbocycles. The van der Waals surface area contributed by atoms with Gasteiger partial charge in [0.15, 0.2) is 0 Å². The van der Waals surface area contributed by atoms with Crippen molar-refractivity contribution < 1.29 is 9.84 Å². The minimum Gasteiger partial charge on any atom is -0.488 e. The van der Waals surface area contributed by atoms with Crippen LogP contribution < -0.4 is 4.74 Å². The van der Waals surface area contributed by atoms with E-state index in [2.05, 4.69) is 10.1 Å². The molecule has 0 saturated carbocycles. The maximum Gasteiger partial charge on any atom is 0.137 e. The molecule has 0 amide bonds. The van der Waals surface area contributed by atoms with Crippen LogP contribution in [0.4, 0.5) is 0 Å². The number of hydrogen-bond donors (Lipinski definition) is 1. The maximum atomic E-state index is 11.3. The van der Waals surface area contributed by atoms with Crippen molar-refractivity contribution in [3.05, 3.63) is 41.9 Å². The van der Waals surface area contributed by atoms with Crippen LogP contribution >= 0.6 is 11.6 Å². The number of rotatable bonds is 5. The van der Waals surface area contributed by atoms with Crippen molar-refractivity contribution in [1.29, 1.82) is 0 Å². The Morgan fingerprint density at radius 1 is 1.27 bits per heavy atom. The molecule has 6 heteroatoms. The average Bonchev–Trinajstić information content (AvgIpc) is 2.92. The first-order chi connectivity index (χ1) is 10.2. The predicted molar refractivity (Wildman–Crippen MR) is 86.0 cm³/mol. The molecule has 2 aromatic rings. The lowest BCUT2D eigenvalue weighted by Gasteiger charge is -2.44. The summed E-state index contributed by atoms with van der Waals surface area (Å²) in [5.41, 5.74) is -1.54. The molecule has 1 aromatic carbocycles. The van der Waals surface area contributed by atoms with Crippen LogP contribution in [0.2, 0.25) is 5.02 Å². The number of halogens is 1. The van der Waals surface area contributed by atoms with Crippen LogP contribution in [-0.2, 0) is 6.54 Å². The molecule has 22 heavy (non-hydrogen) atoms. The van der Waals surface area contributed by atoms with E-state index in [1.54, 1.807) is 35.3 Å². The molecule has 120 valence electrons. The average molecular weight is 324 g/mol. The molecule has 0 aliphatic rings. The third-order valence-corrected chi connectivity index (χ3v) is 4.22. The summed E-state index contributed by atoms with van der Waals surface area (Å²) in [5, 5.41) is 16.0. The van der Waals surface area contributed by atoms with Crippen molar-refractivity contribution in [1.82, 2.24) is 14.8 Å². The number of aliphatic hydroxyl groups is 1. The maximum absolute atomic E-state index is 11.3. The zero-order valence-electron chi connectivity index (χ0n) is 13.3. The summed E-state index contributed by atoms with van der Waals surface area (Å²) in [7, 11) is 0. The lowest BCUT2D eigenvalue weighted by molar-refractivity contribution is -0.137. The van der Waals surface area contributed by atoms with E-state index >= 15 is 0 Å². The zero-order chi connectivity index (χ0) is 16.4. The molecule has 2 unspecified atom stereocenters. The van der Waals surface area contributed by atoms with Gasteiger partial charge in [-0.25, -0.2) is 9.67 Å². The Labute approximate surface area is 135 Å². The van der Waals surface area contributed by atoms with Crippen LogP contribution in [-0.4, -0.2) is 31.6 Å². The van der Waals surface area contributed by atoms with Crippen molar-refractivity contribution >= 4 is 11.6 Å². The second-order valence-electron chi connectivity index (χ2n) is 6.48. The van der Waals surface area contributed by atoms with Gasteiger partial charge in [0.2, 0.25) is 0 Å². The zero-order valence-corrected chi connectivity index (χ0v) is 14.1. The van der Waals surface area contributed by atoms with Gasteiger partial charge in [-0.15, -0.1) is 0 Å². The van der Waals surface area contributed by atoms with Gasteiger partial charge in [0.05, 0.1) is 6.54 Å². The molecule has 0 saturated heterocycles. The van der Waals surface area contributed by atoms with E-state index in [-0.39, 0.29) is 0 Å². The second-order valence-corrected chi connectivity index (χ2v) is 6.92. The van der Waals surface area contributed by atoms with Gasteiger partial charge in [0, 0.05) is 5.02 Å². The standard InChI is InChI=1S/C16H22ClN3O2/c1-12(22-14-7-5-13(17)6-8-14)16(21,15(2,3)4)9-20-11-18-10-19-20/h5-8,10-12,21H,9H2,1-4H3. The van der Waals surface area contributed by atoms with Crippen molar-refractivity contribution in [2.24, 2.45) is 5.41 Å². The van der Waals surface area contributed by atoms with Crippen LogP contribution in [0.15, 0.2) is 36.9 Å². The molecule has 0 fully saturated rings. The monoisotopic (exact) mass is 323 g/mol. The number of hydrogen-bond acceptors (Lipinski definition) is 4. The summed E-state index contributed by atoms with van der Waals surface area (Å²) in [5.74, 6) is 0.665. The molecule has 1 aromatic heterocycles. The summed E-state index contributed by atoms with van der Waals surface area (Å²) in [6, 6.07) is 7.10. The molecular formula is C16H22ClN3O2. The Morgan fingerprint density at radius 2 is 1.91 bits per heavy atom.